The number of alkyl halides is 1. The van der Waals surface area contributed by atoms with Gasteiger partial charge in [0.1, 0.15) is 0 Å². The van der Waals surface area contributed by atoms with Crippen LogP contribution < -0.4 is 0 Å². The van der Waals surface area contributed by atoms with Crippen LogP contribution >= 0.6 is 22.6 Å². The van der Waals surface area contributed by atoms with E-state index in [-0.39, 0.29) is 0 Å². The van der Waals surface area contributed by atoms with Crippen LogP contribution in [0.1, 0.15) is 58.8 Å². The molecule has 0 aliphatic rings. The van der Waals surface area contributed by atoms with Crippen LogP contribution in [0.4, 0.5) is 0 Å². The van der Waals surface area contributed by atoms with Crippen molar-refractivity contribution in [3.05, 3.63) is 0 Å². The quantitative estimate of drug-likeness (QED) is 0.340. The Balaban J connectivity index is 3.19. The van der Waals surface area contributed by atoms with Gasteiger partial charge in [-0.15, -0.1) is 0 Å². The third kappa shape index (κ3) is 7.38. The smallest absolute Gasteiger partial charge is 0.00237 e. The fourth-order valence-electron chi connectivity index (χ4n) is 1.57. The van der Waals surface area contributed by atoms with Crippen LogP contribution in [-0.4, -0.2) is 4.43 Å². The maximum absolute atomic E-state index is 2.53. The van der Waals surface area contributed by atoms with Crippen LogP contribution in [0, 0.1) is 5.92 Å². The van der Waals surface area contributed by atoms with Crippen LogP contribution in [-0.2, 0) is 0 Å². The Morgan fingerprint density at radius 1 is 0.917 bits per heavy atom. The molecule has 0 aromatic heterocycles. The van der Waals surface area contributed by atoms with Crippen molar-refractivity contribution in [1.82, 2.24) is 0 Å². The molecule has 0 amide bonds. The summed E-state index contributed by atoms with van der Waals surface area (Å²) in [6.45, 7) is 4.58. The molecule has 0 aliphatic heterocycles. The number of unbranched alkanes of at least 4 members (excludes halogenated alkanes) is 3. The Kier molecular flexibility index (Phi) is 10.4. The van der Waals surface area contributed by atoms with Gasteiger partial charge in [-0.25, -0.2) is 0 Å². The van der Waals surface area contributed by atoms with Crippen molar-refractivity contribution < 1.29 is 0 Å². The van der Waals surface area contributed by atoms with Crippen molar-refractivity contribution in [2.45, 2.75) is 58.8 Å². The van der Waals surface area contributed by atoms with Crippen molar-refractivity contribution in [2.75, 3.05) is 4.43 Å². The lowest BCUT2D eigenvalue weighted by Gasteiger charge is -2.11. The molecular formula is C11H23I. The highest BCUT2D eigenvalue weighted by atomic mass is 127. The van der Waals surface area contributed by atoms with Gasteiger partial charge in [0.15, 0.2) is 0 Å². The summed E-state index contributed by atoms with van der Waals surface area (Å²) in [7, 11) is 0. The van der Waals surface area contributed by atoms with E-state index in [0.717, 1.165) is 5.92 Å². The molecule has 0 N–H and O–H groups in total. The van der Waals surface area contributed by atoms with E-state index < -0.39 is 0 Å². The molecule has 0 nitrogen and oxygen atoms in total. The summed E-state index contributed by atoms with van der Waals surface area (Å²) in [4.78, 5) is 0. The molecule has 1 unspecified atom stereocenters. The minimum absolute atomic E-state index is 1.01. The second-order valence-electron chi connectivity index (χ2n) is 3.66. The molecule has 1 atom stereocenters. The Labute approximate surface area is 91.7 Å². The molecule has 1 heteroatoms. The van der Waals surface area contributed by atoms with E-state index >= 15 is 0 Å². The van der Waals surface area contributed by atoms with Crippen LogP contribution in [0.5, 0.6) is 0 Å². The fraction of sp³-hybridized carbons (Fsp3) is 1.00. The second kappa shape index (κ2) is 9.82. The van der Waals surface area contributed by atoms with E-state index in [1.54, 1.807) is 0 Å². The van der Waals surface area contributed by atoms with Gasteiger partial charge < -0.3 is 0 Å². The average molecular weight is 282 g/mol. The molecule has 0 aliphatic carbocycles. The van der Waals surface area contributed by atoms with Crippen LogP contribution in [0.15, 0.2) is 0 Å². The zero-order chi connectivity index (χ0) is 9.23. The number of halogens is 1. The predicted molar refractivity (Wildman–Crippen MR) is 66.0 cm³/mol. The summed E-state index contributed by atoms with van der Waals surface area (Å²) < 4.78 is 1.36. The maximum atomic E-state index is 2.53. The summed E-state index contributed by atoms with van der Waals surface area (Å²) in [6, 6.07) is 0. The minimum Gasteiger partial charge on any atom is -0.0861 e. The Morgan fingerprint density at radius 3 is 2.17 bits per heavy atom. The highest BCUT2D eigenvalue weighted by Gasteiger charge is 2.04. The summed E-state index contributed by atoms with van der Waals surface area (Å²) in [6.07, 6.45) is 9.98. The SMILES string of the molecule is CCCCCCC(CI)CCC. The van der Waals surface area contributed by atoms with Gasteiger partial charge in [0.25, 0.3) is 0 Å². The molecule has 0 spiro atoms. The first kappa shape index (κ1) is 12.7. The average Bonchev–Trinajstić information content (AvgIpc) is 2.10. The molecule has 74 valence electrons. The molecule has 0 bridgehead atoms. The van der Waals surface area contributed by atoms with E-state index in [0.29, 0.717) is 0 Å². The van der Waals surface area contributed by atoms with Gasteiger partial charge in [-0.2, -0.15) is 0 Å². The lowest BCUT2D eigenvalue weighted by Crippen LogP contribution is -2.00. The number of hydrogen-bond donors (Lipinski definition) is 0. The first-order chi connectivity index (χ1) is 5.85. The summed E-state index contributed by atoms with van der Waals surface area (Å²) in [5.41, 5.74) is 0. The largest absolute Gasteiger partial charge is 0.0861 e. The third-order valence-corrected chi connectivity index (χ3v) is 3.63. The highest BCUT2D eigenvalue weighted by molar-refractivity contribution is 14.1. The van der Waals surface area contributed by atoms with E-state index in [4.69, 9.17) is 0 Å². The second-order valence-corrected chi connectivity index (χ2v) is 4.54. The van der Waals surface area contributed by atoms with Gasteiger partial charge >= 0.3 is 0 Å². The third-order valence-electron chi connectivity index (χ3n) is 2.38. The van der Waals surface area contributed by atoms with Gasteiger partial charge in [-0.1, -0.05) is 68.5 Å². The Bertz CT molecular complexity index is 81.1. The van der Waals surface area contributed by atoms with Gasteiger partial charge in [-0.3, -0.25) is 0 Å². The zero-order valence-electron chi connectivity index (χ0n) is 8.61. The lowest BCUT2D eigenvalue weighted by atomic mass is 9.98. The monoisotopic (exact) mass is 282 g/mol. The first-order valence-corrected chi connectivity index (χ1v) is 6.93. The molecule has 0 saturated heterocycles. The zero-order valence-corrected chi connectivity index (χ0v) is 10.8. The normalized spacial score (nSPS) is 13.2. The molecule has 0 aromatic rings. The van der Waals surface area contributed by atoms with Crippen LogP contribution in [0.2, 0.25) is 0 Å². The molecule has 0 aromatic carbocycles. The van der Waals surface area contributed by atoms with E-state index in [9.17, 15) is 0 Å². The summed E-state index contributed by atoms with van der Waals surface area (Å²) >= 11 is 2.53. The Morgan fingerprint density at radius 2 is 1.67 bits per heavy atom. The van der Waals surface area contributed by atoms with Crippen molar-refractivity contribution in [3.8, 4) is 0 Å². The van der Waals surface area contributed by atoms with E-state index in [2.05, 4.69) is 36.4 Å². The molecule has 12 heavy (non-hydrogen) atoms. The number of rotatable bonds is 8. The fourth-order valence-corrected chi connectivity index (χ4v) is 2.45. The first-order valence-electron chi connectivity index (χ1n) is 5.41. The van der Waals surface area contributed by atoms with Gasteiger partial charge in [-0.05, 0) is 18.8 Å². The molecule has 0 heterocycles. The molecule has 0 radical (unpaired) electrons. The maximum Gasteiger partial charge on any atom is 0.00237 e. The van der Waals surface area contributed by atoms with Gasteiger partial charge in [0, 0.05) is 4.43 Å². The molecule has 0 fully saturated rings. The van der Waals surface area contributed by atoms with Gasteiger partial charge in [0.05, 0.1) is 0 Å². The molecule has 0 rings (SSSR count). The van der Waals surface area contributed by atoms with Crippen molar-refractivity contribution in [3.63, 3.8) is 0 Å². The van der Waals surface area contributed by atoms with E-state index in [1.165, 1.54) is 49.4 Å². The molecular weight excluding hydrogens is 259 g/mol. The van der Waals surface area contributed by atoms with Crippen molar-refractivity contribution in [2.24, 2.45) is 5.92 Å². The van der Waals surface area contributed by atoms with Crippen LogP contribution in [0.25, 0.3) is 0 Å². The van der Waals surface area contributed by atoms with E-state index in [1.807, 2.05) is 0 Å². The summed E-state index contributed by atoms with van der Waals surface area (Å²) in [5, 5.41) is 0. The topological polar surface area (TPSA) is 0 Å². The minimum atomic E-state index is 1.01. The number of hydrogen-bond acceptors (Lipinski definition) is 0. The predicted octanol–water partition coefficient (Wildman–Crippen LogP) is 4.81. The highest BCUT2D eigenvalue weighted by Crippen LogP contribution is 2.18. The van der Waals surface area contributed by atoms with Crippen molar-refractivity contribution >= 4 is 22.6 Å². The van der Waals surface area contributed by atoms with Crippen LogP contribution in [0.3, 0.4) is 0 Å². The Hall–Kier alpha value is 0.730. The lowest BCUT2D eigenvalue weighted by molar-refractivity contribution is 0.467. The van der Waals surface area contributed by atoms with Gasteiger partial charge in [0.2, 0.25) is 0 Å². The summed E-state index contributed by atoms with van der Waals surface area (Å²) in [5.74, 6) is 1.01. The standard InChI is InChI=1S/C11H23I/c1-3-5-6-7-9-11(10-12)8-4-2/h11H,3-10H2,1-2H3. The molecule has 0 saturated carbocycles. The van der Waals surface area contributed by atoms with Crippen molar-refractivity contribution in [1.29, 1.82) is 0 Å².